The summed E-state index contributed by atoms with van der Waals surface area (Å²) in [6.45, 7) is 11.0. The van der Waals surface area contributed by atoms with Gasteiger partial charge in [0.15, 0.2) is 0 Å². The molecule has 0 aromatic carbocycles. The van der Waals surface area contributed by atoms with Gasteiger partial charge in [0.25, 0.3) is 0 Å². The van der Waals surface area contributed by atoms with Crippen molar-refractivity contribution in [2.24, 2.45) is 5.92 Å². The molecular weight excluding hydrogens is 196 g/mol. The first-order valence-electron chi connectivity index (χ1n) is 7.29. The summed E-state index contributed by atoms with van der Waals surface area (Å²) in [7, 11) is 0. The van der Waals surface area contributed by atoms with E-state index < -0.39 is 0 Å². The first-order chi connectivity index (χ1) is 7.86. The second kappa shape index (κ2) is 9.00. The molecule has 1 rings (SSSR count). The average Bonchev–Trinajstić information content (AvgIpc) is 2.31. The van der Waals surface area contributed by atoms with E-state index in [-0.39, 0.29) is 0 Å². The summed E-state index contributed by atoms with van der Waals surface area (Å²) in [6.07, 6.45) is 8.22. The van der Waals surface area contributed by atoms with Gasteiger partial charge in [0.05, 0.1) is 0 Å². The third-order valence-electron chi connectivity index (χ3n) is 3.53. The molecule has 1 heterocycles. The van der Waals surface area contributed by atoms with Crippen molar-refractivity contribution in [3.63, 3.8) is 0 Å². The van der Waals surface area contributed by atoms with Crippen molar-refractivity contribution in [2.75, 3.05) is 32.7 Å². The summed E-state index contributed by atoms with van der Waals surface area (Å²) >= 11 is 0. The molecule has 2 nitrogen and oxygen atoms in total. The van der Waals surface area contributed by atoms with Gasteiger partial charge in [0.1, 0.15) is 0 Å². The quantitative estimate of drug-likeness (QED) is 0.640. The van der Waals surface area contributed by atoms with Crippen LogP contribution in [0.2, 0.25) is 0 Å². The van der Waals surface area contributed by atoms with Crippen molar-refractivity contribution >= 4 is 0 Å². The monoisotopic (exact) mass is 226 g/mol. The molecule has 0 spiro atoms. The summed E-state index contributed by atoms with van der Waals surface area (Å²) in [5.74, 6) is 0.905. The highest BCUT2D eigenvalue weighted by molar-refractivity contribution is 4.73. The maximum absolute atomic E-state index is 3.52. The van der Waals surface area contributed by atoms with Crippen LogP contribution in [0.5, 0.6) is 0 Å². The lowest BCUT2D eigenvalue weighted by atomic mass is 9.99. The first kappa shape index (κ1) is 14.0. The zero-order chi connectivity index (χ0) is 11.6. The summed E-state index contributed by atoms with van der Waals surface area (Å²) in [6, 6.07) is 0. The van der Waals surface area contributed by atoms with Gasteiger partial charge in [0.2, 0.25) is 0 Å². The molecule has 0 saturated carbocycles. The van der Waals surface area contributed by atoms with Gasteiger partial charge in [-0.2, -0.15) is 0 Å². The molecule has 0 aromatic rings. The van der Waals surface area contributed by atoms with E-state index in [4.69, 9.17) is 0 Å². The summed E-state index contributed by atoms with van der Waals surface area (Å²) in [4.78, 5) is 2.69. The van der Waals surface area contributed by atoms with Crippen LogP contribution in [-0.4, -0.2) is 37.6 Å². The molecule has 2 heteroatoms. The highest BCUT2D eigenvalue weighted by Gasteiger charge is 2.16. The Hall–Kier alpha value is -0.0800. The van der Waals surface area contributed by atoms with Crippen LogP contribution in [0.4, 0.5) is 0 Å². The fourth-order valence-corrected chi connectivity index (χ4v) is 2.64. The van der Waals surface area contributed by atoms with Crippen LogP contribution in [0, 0.1) is 5.92 Å². The average molecular weight is 226 g/mol. The first-order valence-corrected chi connectivity index (χ1v) is 7.29. The molecular formula is C14H30N2. The van der Waals surface area contributed by atoms with E-state index in [0.717, 1.165) is 5.92 Å². The fourth-order valence-electron chi connectivity index (χ4n) is 2.64. The lowest BCUT2D eigenvalue weighted by Gasteiger charge is -2.30. The minimum absolute atomic E-state index is 0.905. The number of nitrogens with zero attached hydrogens (tertiary/aromatic N) is 1. The molecule has 0 aromatic heterocycles. The Labute approximate surface area is 102 Å². The van der Waals surface area contributed by atoms with E-state index >= 15 is 0 Å². The van der Waals surface area contributed by atoms with Crippen LogP contribution in [0.3, 0.4) is 0 Å². The third kappa shape index (κ3) is 5.86. The van der Waals surface area contributed by atoms with Crippen LogP contribution >= 0.6 is 0 Å². The molecule has 1 atom stereocenters. The van der Waals surface area contributed by atoms with Gasteiger partial charge in [-0.1, -0.05) is 26.7 Å². The molecule has 1 aliphatic heterocycles. The van der Waals surface area contributed by atoms with Crippen LogP contribution in [-0.2, 0) is 0 Å². The molecule has 96 valence electrons. The molecule has 1 N–H and O–H groups in total. The zero-order valence-corrected chi connectivity index (χ0v) is 11.3. The van der Waals surface area contributed by atoms with E-state index in [1.807, 2.05) is 0 Å². The highest BCUT2D eigenvalue weighted by atomic mass is 15.1. The molecule has 1 saturated heterocycles. The number of hydrogen-bond acceptors (Lipinski definition) is 2. The van der Waals surface area contributed by atoms with Crippen LogP contribution in [0.1, 0.15) is 52.4 Å². The van der Waals surface area contributed by atoms with Gasteiger partial charge >= 0.3 is 0 Å². The highest BCUT2D eigenvalue weighted by Crippen LogP contribution is 2.12. The van der Waals surface area contributed by atoms with Gasteiger partial charge in [-0.3, -0.25) is 0 Å². The smallest absolute Gasteiger partial charge is 0.00218 e. The van der Waals surface area contributed by atoms with E-state index in [9.17, 15) is 0 Å². The predicted octanol–water partition coefficient (Wildman–Crippen LogP) is 2.89. The standard InChI is InChI=1S/C14H30N2/c1-3-5-6-11-16(10-4-2)13-14-8-7-9-15-12-14/h14-15H,3-13H2,1-2H3. The van der Waals surface area contributed by atoms with Gasteiger partial charge in [0, 0.05) is 6.54 Å². The van der Waals surface area contributed by atoms with Crippen LogP contribution in [0.25, 0.3) is 0 Å². The van der Waals surface area contributed by atoms with Crippen LogP contribution in [0.15, 0.2) is 0 Å². The molecule has 1 fully saturated rings. The van der Waals surface area contributed by atoms with Crippen molar-refractivity contribution in [3.05, 3.63) is 0 Å². The predicted molar refractivity (Wildman–Crippen MR) is 71.8 cm³/mol. The van der Waals surface area contributed by atoms with Gasteiger partial charge in [-0.25, -0.2) is 0 Å². The van der Waals surface area contributed by atoms with Gasteiger partial charge < -0.3 is 10.2 Å². The lowest BCUT2D eigenvalue weighted by molar-refractivity contribution is 0.205. The number of hydrogen-bond donors (Lipinski definition) is 1. The minimum Gasteiger partial charge on any atom is -0.316 e. The maximum atomic E-state index is 3.52. The Morgan fingerprint density at radius 3 is 2.62 bits per heavy atom. The Balaban J connectivity index is 2.19. The zero-order valence-electron chi connectivity index (χ0n) is 11.3. The molecule has 1 unspecified atom stereocenters. The molecule has 0 amide bonds. The van der Waals surface area contributed by atoms with Gasteiger partial charge in [-0.05, 0) is 57.8 Å². The molecule has 0 aliphatic carbocycles. The summed E-state index contributed by atoms with van der Waals surface area (Å²) in [5.41, 5.74) is 0. The molecule has 0 radical (unpaired) electrons. The normalized spacial score (nSPS) is 21.6. The molecule has 0 bridgehead atoms. The Bertz CT molecular complexity index is 153. The SMILES string of the molecule is CCCCCN(CCC)CC1CCCNC1. The summed E-state index contributed by atoms with van der Waals surface area (Å²) < 4.78 is 0. The Morgan fingerprint density at radius 2 is 2.00 bits per heavy atom. The van der Waals surface area contributed by atoms with Crippen LogP contribution < -0.4 is 5.32 Å². The van der Waals surface area contributed by atoms with Crippen molar-refractivity contribution in [1.82, 2.24) is 10.2 Å². The molecule has 1 aliphatic rings. The Morgan fingerprint density at radius 1 is 1.12 bits per heavy atom. The van der Waals surface area contributed by atoms with Crippen molar-refractivity contribution in [3.8, 4) is 0 Å². The van der Waals surface area contributed by atoms with E-state index in [1.54, 1.807) is 0 Å². The van der Waals surface area contributed by atoms with E-state index in [0.29, 0.717) is 0 Å². The topological polar surface area (TPSA) is 15.3 Å². The van der Waals surface area contributed by atoms with Crippen molar-refractivity contribution in [1.29, 1.82) is 0 Å². The largest absolute Gasteiger partial charge is 0.316 e. The van der Waals surface area contributed by atoms with E-state index in [1.165, 1.54) is 71.2 Å². The number of rotatable bonds is 8. The number of piperidine rings is 1. The second-order valence-corrected chi connectivity index (χ2v) is 5.22. The van der Waals surface area contributed by atoms with E-state index in [2.05, 4.69) is 24.1 Å². The minimum atomic E-state index is 0.905. The fraction of sp³-hybridized carbons (Fsp3) is 1.00. The van der Waals surface area contributed by atoms with Crippen molar-refractivity contribution < 1.29 is 0 Å². The van der Waals surface area contributed by atoms with Crippen molar-refractivity contribution in [2.45, 2.75) is 52.4 Å². The number of unbranched alkanes of at least 4 members (excludes halogenated alkanes) is 2. The second-order valence-electron chi connectivity index (χ2n) is 5.22. The van der Waals surface area contributed by atoms with Gasteiger partial charge in [-0.15, -0.1) is 0 Å². The maximum Gasteiger partial charge on any atom is 0.00218 e. The molecule has 16 heavy (non-hydrogen) atoms. The number of nitrogens with one attached hydrogen (secondary N) is 1. The third-order valence-corrected chi connectivity index (χ3v) is 3.53. The lowest BCUT2D eigenvalue weighted by Crippen LogP contribution is -2.39. The Kier molecular flexibility index (Phi) is 7.87. The summed E-state index contributed by atoms with van der Waals surface area (Å²) in [5, 5.41) is 3.52.